The molecular formula is C14H12ClN5O2. The van der Waals surface area contributed by atoms with Gasteiger partial charge in [0.2, 0.25) is 0 Å². The SMILES string of the molecule is Cn1cnc2ccnc(NCc3ccc([N+](=O)[O-])cc3Cl)c21. The first kappa shape index (κ1) is 14.3. The van der Waals surface area contributed by atoms with Gasteiger partial charge in [-0.2, -0.15) is 0 Å². The molecule has 0 saturated heterocycles. The molecule has 7 nitrogen and oxygen atoms in total. The zero-order chi connectivity index (χ0) is 15.7. The van der Waals surface area contributed by atoms with Gasteiger partial charge in [0.1, 0.15) is 5.52 Å². The molecule has 112 valence electrons. The minimum Gasteiger partial charge on any atom is -0.364 e. The number of pyridine rings is 1. The topological polar surface area (TPSA) is 85.9 Å². The molecule has 0 bridgehead atoms. The van der Waals surface area contributed by atoms with Crippen LogP contribution in [0.5, 0.6) is 0 Å². The van der Waals surface area contributed by atoms with Crippen LogP contribution in [0.25, 0.3) is 11.0 Å². The molecular weight excluding hydrogens is 306 g/mol. The van der Waals surface area contributed by atoms with Crippen LogP contribution in [-0.4, -0.2) is 19.5 Å². The minimum absolute atomic E-state index is 0.0272. The molecule has 1 aromatic carbocycles. The van der Waals surface area contributed by atoms with Crippen LogP contribution in [0.4, 0.5) is 11.5 Å². The first-order valence-electron chi connectivity index (χ1n) is 6.49. The largest absolute Gasteiger partial charge is 0.364 e. The van der Waals surface area contributed by atoms with Crippen molar-refractivity contribution < 1.29 is 4.92 Å². The van der Waals surface area contributed by atoms with Crippen LogP contribution in [-0.2, 0) is 13.6 Å². The van der Waals surface area contributed by atoms with Gasteiger partial charge in [0.25, 0.3) is 5.69 Å². The summed E-state index contributed by atoms with van der Waals surface area (Å²) in [7, 11) is 1.89. The number of nitro groups is 1. The highest BCUT2D eigenvalue weighted by Crippen LogP contribution is 2.24. The molecule has 2 heterocycles. The molecule has 3 aromatic rings. The van der Waals surface area contributed by atoms with E-state index in [-0.39, 0.29) is 5.69 Å². The van der Waals surface area contributed by atoms with Crippen molar-refractivity contribution in [1.29, 1.82) is 0 Å². The smallest absolute Gasteiger partial charge is 0.270 e. The van der Waals surface area contributed by atoms with Gasteiger partial charge in [0.05, 0.1) is 21.8 Å². The summed E-state index contributed by atoms with van der Waals surface area (Å²) in [6.07, 6.45) is 3.39. The third-order valence-corrected chi connectivity index (χ3v) is 3.67. The molecule has 0 saturated carbocycles. The fraction of sp³-hybridized carbons (Fsp3) is 0.143. The number of rotatable bonds is 4. The maximum atomic E-state index is 10.7. The van der Waals surface area contributed by atoms with E-state index >= 15 is 0 Å². The molecule has 0 radical (unpaired) electrons. The number of hydrogen-bond acceptors (Lipinski definition) is 5. The van der Waals surface area contributed by atoms with Crippen LogP contribution in [0.2, 0.25) is 5.02 Å². The Labute approximate surface area is 130 Å². The first-order valence-corrected chi connectivity index (χ1v) is 6.87. The summed E-state index contributed by atoms with van der Waals surface area (Å²) in [4.78, 5) is 18.8. The molecule has 8 heteroatoms. The normalized spacial score (nSPS) is 10.8. The predicted octanol–water partition coefficient (Wildman–Crippen LogP) is 3.14. The maximum absolute atomic E-state index is 10.7. The van der Waals surface area contributed by atoms with Gasteiger partial charge < -0.3 is 9.88 Å². The summed E-state index contributed by atoms with van der Waals surface area (Å²) in [5.74, 6) is 0.687. The van der Waals surface area contributed by atoms with Gasteiger partial charge >= 0.3 is 0 Å². The quantitative estimate of drug-likeness (QED) is 0.590. The van der Waals surface area contributed by atoms with Gasteiger partial charge in [-0.05, 0) is 17.7 Å². The lowest BCUT2D eigenvalue weighted by atomic mass is 10.2. The van der Waals surface area contributed by atoms with Crippen molar-refractivity contribution in [2.75, 3.05) is 5.32 Å². The van der Waals surface area contributed by atoms with E-state index in [4.69, 9.17) is 11.6 Å². The van der Waals surface area contributed by atoms with Gasteiger partial charge in [-0.3, -0.25) is 10.1 Å². The van der Waals surface area contributed by atoms with E-state index in [9.17, 15) is 10.1 Å². The number of aryl methyl sites for hydroxylation is 1. The maximum Gasteiger partial charge on any atom is 0.270 e. The highest BCUT2D eigenvalue weighted by atomic mass is 35.5. The number of nitro benzene ring substituents is 1. The van der Waals surface area contributed by atoms with Gasteiger partial charge in [0, 0.05) is 31.9 Å². The van der Waals surface area contributed by atoms with Crippen molar-refractivity contribution in [2.24, 2.45) is 7.05 Å². The van der Waals surface area contributed by atoms with E-state index in [1.165, 1.54) is 12.1 Å². The number of aromatic nitrogens is 3. The summed E-state index contributed by atoms with van der Waals surface area (Å²) in [5.41, 5.74) is 2.46. The zero-order valence-electron chi connectivity index (χ0n) is 11.7. The molecule has 0 amide bonds. The number of nitrogens with one attached hydrogen (secondary N) is 1. The number of benzene rings is 1. The summed E-state index contributed by atoms with van der Waals surface area (Å²) in [6.45, 7) is 0.411. The van der Waals surface area contributed by atoms with Gasteiger partial charge in [-0.1, -0.05) is 11.6 Å². The molecule has 3 rings (SSSR count). The standard InChI is InChI=1S/C14H12ClN5O2/c1-19-8-18-12-4-5-16-14(13(12)19)17-7-9-2-3-10(20(21)22)6-11(9)15/h2-6,8H,7H2,1H3,(H,16,17). The van der Waals surface area contributed by atoms with E-state index in [2.05, 4.69) is 15.3 Å². The molecule has 1 N–H and O–H groups in total. The summed E-state index contributed by atoms with van der Waals surface area (Å²) < 4.78 is 1.88. The summed E-state index contributed by atoms with van der Waals surface area (Å²) in [5, 5.41) is 14.3. The molecule has 0 fully saturated rings. The summed E-state index contributed by atoms with van der Waals surface area (Å²) in [6, 6.07) is 6.24. The van der Waals surface area contributed by atoms with Gasteiger partial charge in [0.15, 0.2) is 5.82 Å². The van der Waals surface area contributed by atoms with Crippen molar-refractivity contribution in [3.63, 3.8) is 0 Å². The molecule has 2 aromatic heterocycles. The van der Waals surface area contributed by atoms with Crippen LogP contribution >= 0.6 is 11.6 Å². The lowest BCUT2D eigenvalue weighted by molar-refractivity contribution is -0.384. The summed E-state index contributed by atoms with van der Waals surface area (Å²) >= 11 is 6.09. The molecule has 0 aliphatic rings. The molecule has 22 heavy (non-hydrogen) atoms. The molecule has 0 aliphatic carbocycles. The number of anilines is 1. The lowest BCUT2D eigenvalue weighted by Gasteiger charge is -2.09. The Kier molecular flexibility index (Phi) is 3.64. The van der Waals surface area contributed by atoms with Crippen LogP contribution in [0, 0.1) is 10.1 Å². The molecule has 0 spiro atoms. The van der Waals surface area contributed by atoms with Crippen LogP contribution < -0.4 is 5.32 Å². The number of halogens is 1. The minimum atomic E-state index is -0.471. The lowest BCUT2D eigenvalue weighted by Crippen LogP contribution is -2.04. The third kappa shape index (κ3) is 2.58. The van der Waals surface area contributed by atoms with Crippen molar-refractivity contribution in [3.8, 4) is 0 Å². The predicted molar refractivity (Wildman–Crippen MR) is 83.9 cm³/mol. The van der Waals surface area contributed by atoms with Crippen molar-refractivity contribution in [2.45, 2.75) is 6.54 Å². The second kappa shape index (κ2) is 5.61. The average Bonchev–Trinajstić information content (AvgIpc) is 2.88. The average molecular weight is 318 g/mol. The van der Waals surface area contributed by atoms with E-state index in [0.717, 1.165) is 16.6 Å². The molecule has 0 unspecified atom stereocenters. The Hall–Kier alpha value is -2.67. The van der Waals surface area contributed by atoms with Crippen LogP contribution in [0.15, 0.2) is 36.8 Å². The second-order valence-corrected chi connectivity index (χ2v) is 5.18. The van der Waals surface area contributed by atoms with E-state index in [1.54, 1.807) is 18.6 Å². The Balaban J connectivity index is 1.85. The zero-order valence-corrected chi connectivity index (χ0v) is 12.4. The fourth-order valence-corrected chi connectivity index (χ4v) is 2.45. The van der Waals surface area contributed by atoms with Gasteiger partial charge in [-0.15, -0.1) is 0 Å². The van der Waals surface area contributed by atoms with Gasteiger partial charge in [-0.25, -0.2) is 9.97 Å². The second-order valence-electron chi connectivity index (χ2n) is 4.77. The number of non-ortho nitro benzene ring substituents is 1. The Morgan fingerprint density at radius 2 is 2.18 bits per heavy atom. The monoisotopic (exact) mass is 317 g/mol. The third-order valence-electron chi connectivity index (χ3n) is 3.32. The van der Waals surface area contributed by atoms with Crippen molar-refractivity contribution in [1.82, 2.24) is 14.5 Å². The van der Waals surface area contributed by atoms with E-state index < -0.39 is 4.92 Å². The number of fused-ring (bicyclic) bond motifs is 1. The van der Waals surface area contributed by atoms with Crippen molar-refractivity contribution >= 4 is 34.1 Å². The Bertz CT molecular complexity index is 862. The Morgan fingerprint density at radius 3 is 2.91 bits per heavy atom. The van der Waals surface area contributed by atoms with Crippen molar-refractivity contribution in [3.05, 3.63) is 57.5 Å². The van der Waals surface area contributed by atoms with E-state index in [0.29, 0.717) is 17.4 Å². The number of hydrogen-bond donors (Lipinski definition) is 1. The number of imidazole rings is 1. The Morgan fingerprint density at radius 1 is 1.36 bits per heavy atom. The number of nitrogens with zero attached hydrogens (tertiary/aromatic N) is 4. The fourth-order valence-electron chi connectivity index (χ4n) is 2.20. The highest BCUT2D eigenvalue weighted by Gasteiger charge is 2.11. The molecule has 0 aliphatic heterocycles. The van der Waals surface area contributed by atoms with E-state index in [1.807, 2.05) is 17.7 Å². The van der Waals surface area contributed by atoms with Crippen LogP contribution in [0.3, 0.4) is 0 Å². The van der Waals surface area contributed by atoms with Crippen LogP contribution in [0.1, 0.15) is 5.56 Å². The first-order chi connectivity index (χ1) is 10.6. The highest BCUT2D eigenvalue weighted by molar-refractivity contribution is 6.31. The molecule has 0 atom stereocenters.